The molecule has 21 heavy (non-hydrogen) atoms. The normalized spacial score (nSPS) is 11.0. The predicted molar refractivity (Wildman–Crippen MR) is 84.8 cm³/mol. The Balaban J connectivity index is 2.29. The van der Waals surface area contributed by atoms with Crippen molar-refractivity contribution in [1.82, 2.24) is 4.90 Å². The second kappa shape index (κ2) is 11.4. The minimum Gasteiger partial charge on any atom is -0.385 e. The van der Waals surface area contributed by atoms with Crippen LogP contribution in [0.15, 0.2) is 30.3 Å². The highest BCUT2D eigenvalue weighted by molar-refractivity contribution is 5.95. The summed E-state index contributed by atoms with van der Waals surface area (Å²) >= 11 is 0. The van der Waals surface area contributed by atoms with Gasteiger partial charge >= 0.3 is 0 Å². The number of ketones is 1. The van der Waals surface area contributed by atoms with E-state index in [0.717, 1.165) is 51.3 Å². The zero-order valence-corrected chi connectivity index (χ0v) is 13.2. The molecule has 0 atom stereocenters. The first-order chi connectivity index (χ1) is 10.3. The van der Waals surface area contributed by atoms with Crippen LogP contribution in [0.4, 0.5) is 0 Å². The first kappa shape index (κ1) is 17.8. The number of carbonyl (C=O) groups is 1. The lowest BCUT2D eigenvalue weighted by atomic mass is 10.1. The summed E-state index contributed by atoms with van der Waals surface area (Å²) < 4.78 is 10.2. The Hall–Kier alpha value is -1.23. The molecule has 4 heteroatoms. The summed E-state index contributed by atoms with van der Waals surface area (Å²) in [4.78, 5) is 14.4. The Labute approximate surface area is 128 Å². The molecule has 0 fully saturated rings. The molecule has 0 aromatic heterocycles. The molecule has 0 spiro atoms. The Bertz CT molecular complexity index is 381. The number of carbonyl (C=O) groups excluding carboxylic acids is 1. The Morgan fingerprint density at radius 1 is 0.952 bits per heavy atom. The number of rotatable bonds is 12. The molecule has 0 unspecified atom stereocenters. The summed E-state index contributed by atoms with van der Waals surface area (Å²) in [6, 6.07) is 9.50. The number of methoxy groups -OCH3 is 2. The molecule has 1 rings (SSSR count). The number of hydrogen-bond acceptors (Lipinski definition) is 4. The molecule has 0 saturated carbocycles. The van der Waals surface area contributed by atoms with Crippen LogP contribution < -0.4 is 0 Å². The highest BCUT2D eigenvalue weighted by atomic mass is 16.5. The molecule has 0 aliphatic rings. The summed E-state index contributed by atoms with van der Waals surface area (Å²) in [5.74, 6) is 0.221. The van der Waals surface area contributed by atoms with E-state index in [1.54, 1.807) is 14.2 Å². The van der Waals surface area contributed by atoms with Crippen LogP contribution in [0.2, 0.25) is 0 Å². The van der Waals surface area contributed by atoms with E-state index in [9.17, 15) is 4.79 Å². The maximum atomic E-state index is 12.0. The first-order valence-electron chi connectivity index (χ1n) is 7.56. The third-order valence-corrected chi connectivity index (χ3v) is 3.41. The molecule has 0 aliphatic heterocycles. The number of Topliss-reactive ketones (excluding diaryl/α,β-unsaturated/α-hetero) is 1. The van der Waals surface area contributed by atoms with Crippen LogP contribution in [0.5, 0.6) is 0 Å². The summed E-state index contributed by atoms with van der Waals surface area (Å²) in [5, 5.41) is 0. The molecule has 118 valence electrons. The van der Waals surface area contributed by atoms with Gasteiger partial charge < -0.3 is 14.4 Å². The quantitative estimate of drug-likeness (QED) is 0.439. The van der Waals surface area contributed by atoms with Crippen molar-refractivity contribution < 1.29 is 14.3 Å². The average Bonchev–Trinajstić information content (AvgIpc) is 2.53. The zero-order valence-electron chi connectivity index (χ0n) is 13.2. The smallest absolute Gasteiger partial charge is 0.162 e. The van der Waals surface area contributed by atoms with Crippen molar-refractivity contribution in [2.75, 3.05) is 47.1 Å². The van der Waals surface area contributed by atoms with E-state index >= 15 is 0 Å². The van der Waals surface area contributed by atoms with Crippen LogP contribution in [0.25, 0.3) is 0 Å². The number of hydrogen-bond donors (Lipinski definition) is 0. The number of ether oxygens (including phenoxy) is 2. The van der Waals surface area contributed by atoms with Crippen molar-refractivity contribution in [1.29, 1.82) is 0 Å². The number of benzene rings is 1. The fraction of sp³-hybridized carbons (Fsp3) is 0.588. The standard InChI is InChI=1S/C17H27NO3/c1-20-14-7-12-18(13-15-21-2)11-6-10-17(19)16-8-4-3-5-9-16/h3-5,8-9H,6-7,10-15H2,1-2H3. The lowest BCUT2D eigenvalue weighted by Crippen LogP contribution is -2.30. The fourth-order valence-corrected chi connectivity index (χ4v) is 2.22. The molecule has 1 aromatic carbocycles. The van der Waals surface area contributed by atoms with Crippen LogP contribution >= 0.6 is 0 Å². The molecule has 0 amide bonds. The van der Waals surface area contributed by atoms with E-state index in [1.807, 2.05) is 30.3 Å². The van der Waals surface area contributed by atoms with Crippen molar-refractivity contribution in [2.24, 2.45) is 0 Å². The van der Waals surface area contributed by atoms with Gasteiger partial charge in [-0.1, -0.05) is 30.3 Å². The Morgan fingerprint density at radius 3 is 2.29 bits per heavy atom. The lowest BCUT2D eigenvalue weighted by molar-refractivity contribution is 0.0967. The van der Waals surface area contributed by atoms with Gasteiger partial charge in [-0.25, -0.2) is 0 Å². The van der Waals surface area contributed by atoms with E-state index in [4.69, 9.17) is 9.47 Å². The molecular formula is C17H27NO3. The van der Waals surface area contributed by atoms with Crippen molar-refractivity contribution in [2.45, 2.75) is 19.3 Å². The largest absolute Gasteiger partial charge is 0.385 e. The van der Waals surface area contributed by atoms with Crippen LogP contribution in [-0.4, -0.2) is 57.8 Å². The number of nitrogens with zero attached hydrogens (tertiary/aromatic N) is 1. The van der Waals surface area contributed by atoms with Crippen molar-refractivity contribution >= 4 is 5.78 Å². The summed E-state index contributed by atoms with van der Waals surface area (Å²) in [5.41, 5.74) is 0.806. The highest BCUT2D eigenvalue weighted by Gasteiger charge is 2.08. The highest BCUT2D eigenvalue weighted by Crippen LogP contribution is 2.06. The van der Waals surface area contributed by atoms with Gasteiger partial charge in [0.1, 0.15) is 0 Å². The van der Waals surface area contributed by atoms with E-state index in [0.29, 0.717) is 6.42 Å². The topological polar surface area (TPSA) is 38.8 Å². The maximum Gasteiger partial charge on any atom is 0.162 e. The second-order valence-electron chi connectivity index (χ2n) is 5.07. The molecule has 0 N–H and O–H groups in total. The third-order valence-electron chi connectivity index (χ3n) is 3.41. The van der Waals surface area contributed by atoms with Gasteiger partial charge in [0.25, 0.3) is 0 Å². The third kappa shape index (κ3) is 7.95. The average molecular weight is 293 g/mol. The molecular weight excluding hydrogens is 266 g/mol. The zero-order chi connectivity index (χ0) is 15.3. The van der Waals surface area contributed by atoms with Gasteiger partial charge in [0.05, 0.1) is 6.61 Å². The molecule has 0 radical (unpaired) electrons. The van der Waals surface area contributed by atoms with Crippen LogP contribution in [0, 0.1) is 0 Å². The summed E-state index contributed by atoms with van der Waals surface area (Å²) in [6.07, 6.45) is 2.48. The van der Waals surface area contributed by atoms with Gasteiger partial charge in [0.15, 0.2) is 5.78 Å². The van der Waals surface area contributed by atoms with Crippen molar-refractivity contribution in [3.8, 4) is 0 Å². The first-order valence-corrected chi connectivity index (χ1v) is 7.56. The fourth-order valence-electron chi connectivity index (χ4n) is 2.22. The molecule has 4 nitrogen and oxygen atoms in total. The van der Waals surface area contributed by atoms with Gasteiger partial charge in [-0.15, -0.1) is 0 Å². The Kier molecular flexibility index (Phi) is 9.70. The van der Waals surface area contributed by atoms with Crippen molar-refractivity contribution in [3.05, 3.63) is 35.9 Å². The van der Waals surface area contributed by atoms with Gasteiger partial charge in [-0.3, -0.25) is 4.79 Å². The minimum absolute atomic E-state index is 0.221. The van der Waals surface area contributed by atoms with Crippen LogP contribution in [0.3, 0.4) is 0 Å². The molecule has 0 aliphatic carbocycles. The van der Waals surface area contributed by atoms with E-state index in [-0.39, 0.29) is 5.78 Å². The van der Waals surface area contributed by atoms with Crippen LogP contribution in [-0.2, 0) is 9.47 Å². The SMILES string of the molecule is COCCCN(CCCC(=O)c1ccccc1)CCOC. The summed E-state index contributed by atoms with van der Waals surface area (Å²) in [6.45, 7) is 4.30. The molecule has 0 saturated heterocycles. The van der Waals surface area contributed by atoms with Gasteiger partial charge in [-0.2, -0.15) is 0 Å². The van der Waals surface area contributed by atoms with Gasteiger partial charge in [0, 0.05) is 45.9 Å². The van der Waals surface area contributed by atoms with E-state index in [2.05, 4.69) is 4.90 Å². The van der Waals surface area contributed by atoms with Crippen LogP contribution in [0.1, 0.15) is 29.6 Å². The summed E-state index contributed by atoms with van der Waals surface area (Å²) in [7, 11) is 3.43. The minimum atomic E-state index is 0.221. The Morgan fingerprint density at radius 2 is 1.62 bits per heavy atom. The van der Waals surface area contributed by atoms with Gasteiger partial charge in [-0.05, 0) is 19.4 Å². The predicted octanol–water partition coefficient (Wildman–Crippen LogP) is 2.63. The molecule has 0 heterocycles. The van der Waals surface area contributed by atoms with Gasteiger partial charge in [0.2, 0.25) is 0 Å². The maximum absolute atomic E-state index is 12.0. The van der Waals surface area contributed by atoms with Crippen molar-refractivity contribution in [3.63, 3.8) is 0 Å². The second-order valence-corrected chi connectivity index (χ2v) is 5.07. The van der Waals surface area contributed by atoms with E-state index in [1.165, 1.54) is 0 Å². The monoisotopic (exact) mass is 293 g/mol. The molecule has 1 aromatic rings. The lowest BCUT2D eigenvalue weighted by Gasteiger charge is -2.21. The van der Waals surface area contributed by atoms with E-state index < -0.39 is 0 Å². The molecule has 0 bridgehead atoms.